The molecule has 0 aromatic heterocycles. The summed E-state index contributed by atoms with van der Waals surface area (Å²) in [5.41, 5.74) is 2.67. The van der Waals surface area contributed by atoms with E-state index in [-0.39, 0.29) is 0 Å². The van der Waals surface area contributed by atoms with Crippen molar-refractivity contribution >= 4 is 17.4 Å². The molecule has 0 aliphatic heterocycles. The zero-order chi connectivity index (χ0) is 13.5. The molecule has 0 bridgehead atoms. The summed E-state index contributed by atoms with van der Waals surface area (Å²) in [5, 5.41) is 3.54. The minimum atomic E-state index is 0.561. The van der Waals surface area contributed by atoms with Gasteiger partial charge in [-0.3, -0.25) is 0 Å². The molecule has 0 aliphatic carbocycles. The molecule has 0 fully saturated rings. The largest absolute Gasteiger partial charge is 0.384 e. The lowest BCUT2D eigenvalue weighted by Crippen LogP contribution is -2.06. The van der Waals surface area contributed by atoms with Gasteiger partial charge in [-0.1, -0.05) is 50.2 Å². The highest BCUT2D eigenvalue weighted by Crippen LogP contribution is 2.24. The Balaban J connectivity index is 1.83. The average Bonchev–Trinajstić information content (AvgIpc) is 2.45. The van der Waals surface area contributed by atoms with E-state index in [2.05, 4.69) is 73.8 Å². The van der Waals surface area contributed by atoms with Gasteiger partial charge in [-0.25, -0.2) is 0 Å². The van der Waals surface area contributed by atoms with Gasteiger partial charge in [0.1, 0.15) is 0 Å². The lowest BCUT2D eigenvalue weighted by atomic mass is 10.0. The number of hydrogen-bond donors (Lipinski definition) is 1. The number of rotatable bonds is 6. The second-order valence-electron chi connectivity index (χ2n) is 4.83. The molecule has 100 valence electrons. The lowest BCUT2D eigenvalue weighted by Gasteiger charge is -2.14. The predicted octanol–water partition coefficient (Wildman–Crippen LogP) is 5.01. The van der Waals surface area contributed by atoms with Crippen LogP contribution in [0.2, 0.25) is 0 Å². The molecule has 0 saturated heterocycles. The van der Waals surface area contributed by atoms with Crippen molar-refractivity contribution in [3.63, 3.8) is 0 Å². The second-order valence-corrected chi connectivity index (χ2v) is 6.00. The van der Waals surface area contributed by atoms with Crippen molar-refractivity contribution in [2.75, 3.05) is 17.6 Å². The lowest BCUT2D eigenvalue weighted by molar-refractivity contribution is 0.866. The van der Waals surface area contributed by atoms with Crippen LogP contribution >= 0.6 is 11.8 Å². The summed E-state index contributed by atoms with van der Waals surface area (Å²) in [6.07, 6.45) is 0. The van der Waals surface area contributed by atoms with Crippen LogP contribution in [-0.4, -0.2) is 12.3 Å². The van der Waals surface area contributed by atoms with Crippen molar-refractivity contribution in [1.29, 1.82) is 0 Å². The van der Waals surface area contributed by atoms with Crippen molar-refractivity contribution in [1.82, 2.24) is 0 Å². The molecule has 0 saturated carbocycles. The first-order chi connectivity index (χ1) is 9.27. The van der Waals surface area contributed by atoms with Gasteiger partial charge in [0.15, 0.2) is 0 Å². The summed E-state index contributed by atoms with van der Waals surface area (Å²) in [6, 6.07) is 19.1. The highest BCUT2D eigenvalue weighted by molar-refractivity contribution is 7.99. The topological polar surface area (TPSA) is 12.0 Å². The number of benzene rings is 2. The molecule has 1 N–H and O–H groups in total. The standard InChI is InChI=1S/C17H21NS/c1-14(2)16-10-6-7-11-17(16)18-12-13-19-15-8-4-3-5-9-15/h3-11,14,18H,12-13H2,1-2H3. The van der Waals surface area contributed by atoms with Gasteiger partial charge >= 0.3 is 0 Å². The summed E-state index contributed by atoms with van der Waals surface area (Å²) in [6.45, 7) is 5.46. The van der Waals surface area contributed by atoms with Crippen LogP contribution in [0.15, 0.2) is 59.5 Å². The van der Waals surface area contributed by atoms with E-state index in [0.29, 0.717) is 5.92 Å². The van der Waals surface area contributed by atoms with E-state index in [1.165, 1.54) is 16.1 Å². The molecule has 0 aliphatic rings. The molecule has 0 heterocycles. The molecule has 19 heavy (non-hydrogen) atoms. The fourth-order valence-corrected chi connectivity index (χ4v) is 2.82. The van der Waals surface area contributed by atoms with Crippen LogP contribution in [0, 0.1) is 0 Å². The van der Waals surface area contributed by atoms with Gasteiger partial charge in [-0.2, -0.15) is 0 Å². The third-order valence-corrected chi connectivity index (χ3v) is 4.03. The highest BCUT2D eigenvalue weighted by Gasteiger charge is 2.04. The van der Waals surface area contributed by atoms with E-state index < -0.39 is 0 Å². The van der Waals surface area contributed by atoms with Crippen LogP contribution in [0.4, 0.5) is 5.69 Å². The zero-order valence-corrected chi connectivity index (χ0v) is 12.4. The monoisotopic (exact) mass is 271 g/mol. The Hall–Kier alpha value is -1.41. The van der Waals surface area contributed by atoms with Crippen LogP contribution < -0.4 is 5.32 Å². The quantitative estimate of drug-likeness (QED) is 0.585. The minimum absolute atomic E-state index is 0.561. The van der Waals surface area contributed by atoms with E-state index in [0.717, 1.165) is 12.3 Å². The number of nitrogens with one attached hydrogen (secondary N) is 1. The SMILES string of the molecule is CC(C)c1ccccc1NCCSc1ccccc1. The fraction of sp³-hybridized carbons (Fsp3) is 0.294. The molecule has 0 radical (unpaired) electrons. The van der Waals surface area contributed by atoms with Gasteiger partial charge in [-0.15, -0.1) is 11.8 Å². The van der Waals surface area contributed by atoms with Crippen molar-refractivity contribution in [3.8, 4) is 0 Å². The van der Waals surface area contributed by atoms with Crippen LogP contribution in [0.1, 0.15) is 25.3 Å². The van der Waals surface area contributed by atoms with Gasteiger partial charge in [0.05, 0.1) is 0 Å². The van der Waals surface area contributed by atoms with Crippen molar-refractivity contribution < 1.29 is 0 Å². The van der Waals surface area contributed by atoms with Crippen LogP contribution in [0.5, 0.6) is 0 Å². The first-order valence-electron chi connectivity index (χ1n) is 6.78. The first kappa shape index (κ1) is 14.0. The molecule has 0 atom stereocenters. The smallest absolute Gasteiger partial charge is 0.0375 e. The second kappa shape index (κ2) is 7.25. The molecule has 0 spiro atoms. The Kier molecular flexibility index (Phi) is 5.34. The number of thioether (sulfide) groups is 1. The summed E-state index contributed by atoms with van der Waals surface area (Å²) in [4.78, 5) is 1.33. The number of para-hydroxylation sites is 1. The third-order valence-electron chi connectivity index (χ3n) is 3.01. The molecular formula is C17H21NS. The Bertz CT molecular complexity index is 494. The van der Waals surface area contributed by atoms with E-state index in [9.17, 15) is 0 Å². The molecule has 2 aromatic carbocycles. The molecule has 0 amide bonds. The van der Waals surface area contributed by atoms with Crippen molar-refractivity contribution in [3.05, 3.63) is 60.2 Å². The Labute approximate surface area is 120 Å². The van der Waals surface area contributed by atoms with Gasteiger partial charge in [0.2, 0.25) is 0 Å². The Morgan fingerprint density at radius 3 is 2.37 bits per heavy atom. The fourth-order valence-electron chi connectivity index (χ4n) is 2.03. The van der Waals surface area contributed by atoms with Gasteiger partial charge < -0.3 is 5.32 Å². The van der Waals surface area contributed by atoms with Crippen molar-refractivity contribution in [2.45, 2.75) is 24.7 Å². The molecular weight excluding hydrogens is 250 g/mol. The van der Waals surface area contributed by atoms with E-state index in [1.807, 2.05) is 11.8 Å². The maximum atomic E-state index is 3.54. The molecule has 2 rings (SSSR count). The van der Waals surface area contributed by atoms with Crippen LogP contribution in [0.25, 0.3) is 0 Å². The minimum Gasteiger partial charge on any atom is -0.384 e. The first-order valence-corrected chi connectivity index (χ1v) is 7.76. The summed E-state index contributed by atoms with van der Waals surface area (Å²) >= 11 is 1.89. The van der Waals surface area contributed by atoms with Gasteiger partial charge in [0.25, 0.3) is 0 Å². The maximum absolute atomic E-state index is 3.54. The predicted molar refractivity (Wildman–Crippen MR) is 86.2 cm³/mol. The summed E-state index contributed by atoms with van der Waals surface area (Å²) < 4.78 is 0. The number of anilines is 1. The molecule has 2 heteroatoms. The third kappa shape index (κ3) is 4.32. The van der Waals surface area contributed by atoms with Crippen molar-refractivity contribution in [2.24, 2.45) is 0 Å². The van der Waals surface area contributed by atoms with E-state index in [1.54, 1.807) is 0 Å². The Morgan fingerprint density at radius 1 is 0.947 bits per heavy atom. The van der Waals surface area contributed by atoms with Gasteiger partial charge in [0, 0.05) is 22.9 Å². The molecule has 2 aromatic rings. The normalized spacial score (nSPS) is 10.7. The Morgan fingerprint density at radius 2 is 1.63 bits per heavy atom. The van der Waals surface area contributed by atoms with Crippen LogP contribution in [-0.2, 0) is 0 Å². The number of hydrogen-bond acceptors (Lipinski definition) is 2. The molecule has 0 unspecified atom stereocenters. The summed E-state index contributed by atoms with van der Waals surface area (Å²) in [7, 11) is 0. The maximum Gasteiger partial charge on any atom is 0.0375 e. The zero-order valence-electron chi connectivity index (χ0n) is 11.6. The average molecular weight is 271 g/mol. The summed E-state index contributed by atoms with van der Waals surface area (Å²) in [5.74, 6) is 1.64. The molecule has 1 nitrogen and oxygen atoms in total. The van der Waals surface area contributed by atoms with Crippen LogP contribution in [0.3, 0.4) is 0 Å². The van der Waals surface area contributed by atoms with E-state index >= 15 is 0 Å². The van der Waals surface area contributed by atoms with E-state index in [4.69, 9.17) is 0 Å². The van der Waals surface area contributed by atoms with Gasteiger partial charge in [-0.05, 0) is 29.7 Å². The highest BCUT2D eigenvalue weighted by atomic mass is 32.2.